The minimum atomic E-state index is -4.35. The van der Waals surface area contributed by atoms with E-state index in [1.165, 1.54) is 12.1 Å². The first-order valence-electron chi connectivity index (χ1n) is 5.95. The second-order valence-electron chi connectivity index (χ2n) is 4.81. The molecule has 1 aromatic carbocycles. The summed E-state index contributed by atoms with van der Waals surface area (Å²) in [6.07, 6.45) is -4.26. The van der Waals surface area contributed by atoms with E-state index in [9.17, 15) is 18.0 Å². The topological polar surface area (TPSA) is 40.5 Å². The Morgan fingerprint density at radius 2 is 1.95 bits per heavy atom. The van der Waals surface area contributed by atoms with Crippen LogP contribution in [0.3, 0.4) is 0 Å². The van der Waals surface area contributed by atoms with Gasteiger partial charge in [-0.15, -0.1) is 0 Å². The summed E-state index contributed by atoms with van der Waals surface area (Å²) in [6.45, 7) is 1.29. The first-order chi connectivity index (χ1) is 8.86. The molecule has 6 heteroatoms. The molecule has 0 aliphatic carbocycles. The molecule has 0 unspecified atom stereocenters. The Morgan fingerprint density at radius 1 is 1.32 bits per heavy atom. The van der Waals surface area contributed by atoms with E-state index < -0.39 is 17.7 Å². The second kappa shape index (κ2) is 5.21. The molecule has 0 saturated carbocycles. The molecular formula is C13H14F3NO2. The number of hydrogen-bond acceptors (Lipinski definition) is 2. The lowest BCUT2D eigenvalue weighted by Crippen LogP contribution is -2.46. The number of aliphatic carboxylic acids is 1. The number of hydrogen-bond donors (Lipinski definition) is 1. The van der Waals surface area contributed by atoms with Gasteiger partial charge in [0.05, 0.1) is 12.0 Å². The molecule has 1 saturated heterocycles. The SMILES string of the molecule is O=C(O)CC1CN(Cc2ccccc2C(F)(F)F)C1. The Labute approximate surface area is 108 Å². The fourth-order valence-electron chi connectivity index (χ4n) is 2.36. The largest absolute Gasteiger partial charge is 0.481 e. The molecule has 19 heavy (non-hydrogen) atoms. The van der Waals surface area contributed by atoms with Crippen molar-refractivity contribution in [3.63, 3.8) is 0 Å². The van der Waals surface area contributed by atoms with E-state index in [1.54, 1.807) is 6.07 Å². The van der Waals surface area contributed by atoms with Crippen LogP contribution in [0.15, 0.2) is 24.3 Å². The Hall–Kier alpha value is -1.56. The fourth-order valence-corrected chi connectivity index (χ4v) is 2.36. The van der Waals surface area contributed by atoms with Crippen molar-refractivity contribution in [2.24, 2.45) is 5.92 Å². The number of carboxylic acid groups (broad SMARTS) is 1. The van der Waals surface area contributed by atoms with Crippen molar-refractivity contribution in [2.45, 2.75) is 19.1 Å². The fraction of sp³-hybridized carbons (Fsp3) is 0.462. The minimum Gasteiger partial charge on any atom is -0.481 e. The van der Waals surface area contributed by atoms with Crippen molar-refractivity contribution in [3.8, 4) is 0 Å². The van der Waals surface area contributed by atoms with Crippen LogP contribution in [0, 0.1) is 5.92 Å². The highest BCUT2D eigenvalue weighted by molar-refractivity contribution is 5.67. The zero-order valence-corrected chi connectivity index (χ0v) is 10.2. The van der Waals surface area contributed by atoms with Crippen LogP contribution in [-0.2, 0) is 17.5 Å². The van der Waals surface area contributed by atoms with Gasteiger partial charge in [0.15, 0.2) is 0 Å². The van der Waals surface area contributed by atoms with Crippen molar-refractivity contribution in [1.29, 1.82) is 0 Å². The number of nitrogens with zero attached hydrogens (tertiary/aromatic N) is 1. The van der Waals surface area contributed by atoms with E-state index in [1.807, 2.05) is 4.90 Å². The number of rotatable bonds is 4. The van der Waals surface area contributed by atoms with Gasteiger partial charge in [-0.05, 0) is 17.5 Å². The van der Waals surface area contributed by atoms with E-state index in [2.05, 4.69) is 0 Å². The van der Waals surface area contributed by atoms with Crippen molar-refractivity contribution < 1.29 is 23.1 Å². The van der Waals surface area contributed by atoms with E-state index in [-0.39, 0.29) is 24.4 Å². The molecule has 0 bridgehead atoms. The van der Waals surface area contributed by atoms with Gasteiger partial charge in [0.1, 0.15) is 0 Å². The van der Waals surface area contributed by atoms with Crippen LogP contribution in [0.2, 0.25) is 0 Å². The molecule has 104 valence electrons. The molecule has 1 N–H and O–H groups in total. The molecule has 0 amide bonds. The van der Waals surface area contributed by atoms with Crippen LogP contribution in [0.25, 0.3) is 0 Å². The molecule has 1 aliphatic rings. The van der Waals surface area contributed by atoms with Gasteiger partial charge < -0.3 is 5.11 Å². The maximum Gasteiger partial charge on any atom is 0.416 e. The molecule has 1 aromatic rings. The van der Waals surface area contributed by atoms with Gasteiger partial charge in [0, 0.05) is 19.6 Å². The second-order valence-corrected chi connectivity index (χ2v) is 4.81. The number of likely N-dealkylation sites (tertiary alicyclic amines) is 1. The highest BCUT2D eigenvalue weighted by Gasteiger charge is 2.35. The van der Waals surface area contributed by atoms with Gasteiger partial charge in [0.25, 0.3) is 0 Å². The lowest BCUT2D eigenvalue weighted by atomic mass is 9.95. The summed E-state index contributed by atoms with van der Waals surface area (Å²) in [5.41, 5.74) is -0.375. The van der Waals surface area contributed by atoms with Gasteiger partial charge in [-0.2, -0.15) is 13.2 Å². The maximum atomic E-state index is 12.8. The Balaban J connectivity index is 1.97. The van der Waals surface area contributed by atoms with Gasteiger partial charge in [-0.25, -0.2) is 0 Å². The molecule has 1 fully saturated rings. The predicted octanol–water partition coefficient (Wildman–Crippen LogP) is 2.61. The number of carboxylic acids is 1. The zero-order chi connectivity index (χ0) is 14.0. The summed E-state index contributed by atoms with van der Waals surface area (Å²) in [4.78, 5) is 12.3. The monoisotopic (exact) mass is 273 g/mol. The van der Waals surface area contributed by atoms with Crippen LogP contribution in [0.4, 0.5) is 13.2 Å². The average Bonchev–Trinajstić information content (AvgIpc) is 2.25. The van der Waals surface area contributed by atoms with Crippen molar-refractivity contribution in [3.05, 3.63) is 35.4 Å². The first kappa shape index (κ1) is 13.9. The van der Waals surface area contributed by atoms with Gasteiger partial charge >= 0.3 is 12.1 Å². The van der Waals surface area contributed by atoms with Crippen LogP contribution in [-0.4, -0.2) is 29.1 Å². The minimum absolute atomic E-state index is 0.0514. The standard InChI is InChI=1S/C13H14F3NO2/c14-13(15,16)11-4-2-1-3-10(11)8-17-6-9(7-17)5-12(18)19/h1-4,9H,5-8H2,(H,18,19). The smallest absolute Gasteiger partial charge is 0.416 e. The van der Waals surface area contributed by atoms with Gasteiger partial charge in [-0.3, -0.25) is 9.69 Å². The molecule has 3 nitrogen and oxygen atoms in total. The lowest BCUT2D eigenvalue weighted by molar-refractivity contribution is -0.139. The van der Waals surface area contributed by atoms with Gasteiger partial charge in [-0.1, -0.05) is 18.2 Å². The predicted molar refractivity (Wildman–Crippen MR) is 62.5 cm³/mol. The molecule has 0 aromatic heterocycles. The summed E-state index contributed by atoms with van der Waals surface area (Å²) >= 11 is 0. The summed E-state index contributed by atoms with van der Waals surface area (Å²) in [7, 11) is 0. The van der Waals surface area contributed by atoms with E-state index in [4.69, 9.17) is 5.11 Å². The summed E-state index contributed by atoms with van der Waals surface area (Å²) < 4.78 is 38.3. The average molecular weight is 273 g/mol. The van der Waals surface area contributed by atoms with Crippen LogP contribution in [0.5, 0.6) is 0 Å². The Morgan fingerprint density at radius 3 is 2.53 bits per heavy atom. The normalized spacial score (nSPS) is 17.2. The first-order valence-corrected chi connectivity index (χ1v) is 5.95. The van der Waals surface area contributed by atoms with Crippen molar-refractivity contribution >= 4 is 5.97 Å². The van der Waals surface area contributed by atoms with E-state index in [0.717, 1.165) is 6.07 Å². The summed E-state index contributed by atoms with van der Waals surface area (Å²) in [5.74, 6) is -0.809. The molecule has 1 heterocycles. The third kappa shape index (κ3) is 3.47. The van der Waals surface area contributed by atoms with Crippen LogP contribution in [0.1, 0.15) is 17.5 Å². The van der Waals surface area contributed by atoms with E-state index >= 15 is 0 Å². The summed E-state index contributed by atoms with van der Waals surface area (Å²) in [6, 6.07) is 5.49. The zero-order valence-electron chi connectivity index (χ0n) is 10.2. The molecule has 1 aliphatic heterocycles. The van der Waals surface area contributed by atoms with E-state index in [0.29, 0.717) is 13.1 Å². The van der Waals surface area contributed by atoms with Crippen molar-refractivity contribution in [2.75, 3.05) is 13.1 Å². The van der Waals surface area contributed by atoms with Gasteiger partial charge in [0.2, 0.25) is 0 Å². The highest BCUT2D eigenvalue weighted by atomic mass is 19.4. The van der Waals surface area contributed by atoms with Crippen LogP contribution >= 0.6 is 0 Å². The molecular weight excluding hydrogens is 259 g/mol. The number of benzene rings is 1. The number of carbonyl (C=O) groups is 1. The molecule has 2 rings (SSSR count). The Bertz CT molecular complexity index is 467. The third-order valence-corrected chi connectivity index (χ3v) is 3.21. The maximum absolute atomic E-state index is 12.8. The molecule has 0 spiro atoms. The lowest BCUT2D eigenvalue weighted by Gasteiger charge is -2.39. The highest BCUT2D eigenvalue weighted by Crippen LogP contribution is 2.33. The van der Waals surface area contributed by atoms with Crippen molar-refractivity contribution in [1.82, 2.24) is 4.90 Å². The molecule has 0 atom stereocenters. The summed E-state index contributed by atoms with van der Waals surface area (Å²) in [5, 5.41) is 8.61. The number of alkyl halides is 3. The number of halogens is 3. The van der Waals surface area contributed by atoms with Crippen LogP contribution < -0.4 is 0 Å². The third-order valence-electron chi connectivity index (χ3n) is 3.21. The quantitative estimate of drug-likeness (QED) is 0.916. The molecule has 0 radical (unpaired) electrons. The Kier molecular flexibility index (Phi) is 3.80.